The van der Waals surface area contributed by atoms with Gasteiger partial charge in [-0.05, 0) is 46.1 Å². The molecule has 1 aromatic carbocycles. The Labute approximate surface area is 142 Å². The minimum atomic E-state index is -0.541. The normalized spacial score (nSPS) is 13.7. The van der Waals surface area contributed by atoms with Crippen LogP contribution in [0.5, 0.6) is 11.5 Å². The Kier molecular flexibility index (Phi) is 5.99. The minimum Gasteiger partial charge on any atom is -0.490 e. The molecule has 23 heavy (non-hydrogen) atoms. The van der Waals surface area contributed by atoms with Gasteiger partial charge >= 0.3 is 6.09 Å². The molecule has 6 heteroatoms. The predicted molar refractivity (Wildman–Crippen MR) is 90.9 cm³/mol. The smallest absolute Gasteiger partial charge is 0.412 e. The molecule has 0 fully saturated rings. The highest BCUT2D eigenvalue weighted by Crippen LogP contribution is 2.38. The fourth-order valence-corrected chi connectivity index (χ4v) is 2.39. The number of amides is 1. The van der Waals surface area contributed by atoms with E-state index in [2.05, 4.69) is 5.32 Å². The van der Waals surface area contributed by atoms with Gasteiger partial charge in [0.05, 0.1) is 13.2 Å². The Hall–Kier alpha value is -1.62. The highest BCUT2D eigenvalue weighted by Gasteiger charge is 2.20. The van der Waals surface area contributed by atoms with Crippen molar-refractivity contribution in [3.8, 4) is 11.5 Å². The first kappa shape index (κ1) is 17.7. The van der Waals surface area contributed by atoms with Crippen molar-refractivity contribution < 1.29 is 19.0 Å². The Balaban J connectivity index is 2.16. The van der Waals surface area contributed by atoms with Crippen molar-refractivity contribution in [1.29, 1.82) is 0 Å². The van der Waals surface area contributed by atoms with E-state index < -0.39 is 11.7 Å². The number of ether oxygens (including phenoxy) is 3. The molecule has 0 saturated carbocycles. The van der Waals surface area contributed by atoms with Gasteiger partial charge in [-0.2, -0.15) is 0 Å². The van der Waals surface area contributed by atoms with E-state index in [0.29, 0.717) is 30.5 Å². The molecule has 0 aromatic heterocycles. The maximum absolute atomic E-state index is 11.9. The molecule has 1 heterocycles. The van der Waals surface area contributed by atoms with Gasteiger partial charge in [0, 0.05) is 23.2 Å². The molecule has 1 aliphatic heterocycles. The second-order valence-electron chi connectivity index (χ2n) is 6.43. The lowest BCUT2D eigenvalue weighted by molar-refractivity contribution is 0.0636. The molecule has 0 aliphatic carbocycles. The van der Waals surface area contributed by atoms with Crippen molar-refractivity contribution in [2.45, 2.75) is 45.6 Å². The van der Waals surface area contributed by atoms with Gasteiger partial charge in [0.2, 0.25) is 0 Å². The molecule has 0 saturated heterocycles. The third-order valence-electron chi connectivity index (χ3n) is 3.15. The third kappa shape index (κ3) is 5.50. The lowest BCUT2D eigenvalue weighted by atomic mass is 10.0. The zero-order chi connectivity index (χ0) is 16.9. The lowest BCUT2D eigenvalue weighted by Gasteiger charge is -2.23. The molecule has 1 aliphatic rings. The maximum atomic E-state index is 11.9. The van der Waals surface area contributed by atoms with Crippen LogP contribution in [0.2, 0.25) is 0 Å². The van der Waals surface area contributed by atoms with E-state index in [1.165, 1.54) is 0 Å². The monoisotopic (exact) mass is 341 g/mol. The van der Waals surface area contributed by atoms with Crippen LogP contribution in [-0.2, 0) is 11.2 Å². The number of aryl methyl sites for hydroxylation is 1. The quantitative estimate of drug-likeness (QED) is 0.638. The summed E-state index contributed by atoms with van der Waals surface area (Å²) in [6.07, 6.45) is 2.11. The number of rotatable bonds is 5. The maximum Gasteiger partial charge on any atom is 0.412 e. The number of alkyl halides is 1. The number of carbonyl (C=O) groups is 1. The number of hydrogen-bond acceptors (Lipinski definition) is 4. The van der Waals surface area contributed by atoms with Gasteiger partial charge in [-0.25, -0.2) is 4.79 Å². The van der Waals surface area contributed by atoms with Gasteiger partial charge in [0.25, 0.3) is 0 Å². The highest BCUT2D eigenvalue weighted by atomic mass is 35.5. The molecular weight excluding hydrogens is 318 g/mol. The fraction of sp³-hybridized carbons (Fsp3) is 0.588. The number of anilines is 1. The van der Waals surface area contributed by atoms with Crippen molar-refractivity contribution in [3.63, 3.8) is 0 Å². The van der Waals surface area contributed by atoms with Crippen molar-refractivity contribution in [2.75, 3.05) is 24.4 Å². The van der Waals surface area contributed by atoms with Gasteiger partial charge in [-0.1, -0.05) is 0 Å². The zero-order valence-corrected chi connectivity index (χ0v) is 14.7. The van der Waals surface area contributed by atoms with E-state index in [-0.39, 0.29) is 0 Å². The summed E-state index contributed by atoms with van der Waals surface area (Å²) in [5.74, 6) is 1.94. The first-order chi connectivity index (χ1) is 10.9. The lowest BCUT2D eigenvalue weighted by Crippen LogP contribution is -2.27. The van der Waals surface area contributed by atoms with Gasteiger partial charge in [-0.15, -0.1) is 11.6 Å². The summed E-state index contributed by atoms with van der Waals surface area (Å²) in [5.41, 5.74) is 1.14. The number of fused-ring (bicyclic) bond motifs is 1. The fourth-order valence-electron chi connectivity index (χ4n) is 2.28. The van der Waals surface area contributed by atoms with Crippen LogP contribution < -0.4 is 14.8 Å². The van der Waals surface area contributed by atoms with E-state index in [4.69, 9.17) is 25.8 Å². The van der Waals surface area contributed by atoms with Gasteiger partial charge < -0.3 is 14.2 Å². The molecule has 1 amide bonds. The average molecular weight is 342 g/mol. The molecule has 1 N–H and O–H groups in total. The Morgan fingerprint density at radius 2 is 2.17 bits per heavy atom. The SMILES string of the molecule is CC(C)(C)OC(=O)Nc1cc2c(c(OCCCCl)c1)OCCC2. The molecule has 128 valence electrons. The predicted octanol–water partition coefficient (Wildman–Crippen LogP) is 4.37. The highest BCUT2D eigenvalue weighted by molar-refractivity contribution is 6.17. The van der Waals surface area contributed by atoms with Crippen LogP contribution in [-0.4, -0.2) is 30.8 Å². The van der Waals surface area contributed by atoms with E-state index in [0.717, 1.165) is 30.6 Å². The van der Waals surface area contributed by atoms with Crippen molar-refractivity contribution >= 4 is 23.4 Å². The summed E-state index contributed by atoms with van der Waals surface area (Å²) < 4.78 is 16.8. The number of nitrogens with one attached hydrogen (secondary N) is 1. The molecule has 0 unspecified atom stereocenters. The van der Waals surface area contributed by atoms with E-state index in [1.54, 1.807) is 6.07 Å². The van der Waals surface area contributed by atoms with Crippen molar-refractivity contribution in [1.82, 2.24) is 0 Å². The molecule has 5 nitrogen and oxygen atoms in total. The van der Waals surface area contributed by atoms with Crippen molar-refractivity contribution in [3.05, 3.63) is 17.7 Å². The number of hydrogen-bond donors (Lipinski definition) is 1. The van der Waals surface area contributed by atoms with Crippen LogP contribution in [0.25, 0.3) is 0 Å². The molecular formula is C17H24ClNO4. The van der Waals surface area contributed by atoms with Crippen LogP contribution in [0.15, 0.2) is 12.1 Å². The van der Waals surface area contributed by atoms with Crippen LogP contribution in [0.3, 0.4) is 0 Å². The third-order valence-corrected chi connectivity index (χ3v) is 3.42. The molecule has 1 aromatic rings. The Morgan fingerprint density at radius 1 is 1.39 bits per heavy atom. The molecule has 0 atom stereocenters. The first-order valence-corrected chi connectivity index (χ1v) is 8.41. The van der Waals surface area contributed by atoms with Crippen LogP contribution in [0.1, 0.15) is 39.2 Å². The summed E-state index contributed by atoms with van der Waals surface area (Å²) in [5, 5.41) is 2.76. The van der Waals surface area contributed by atoms with Crippen LogP contribution in [0, 0.1) is 0 Å². The summed E-state index contributed by atoms with van der Waals surface area (Å²) in [6.45, 7) is 6.67. The standard InChI is InChI=1S/C17H24ClNO4/c1-17(2,3)23-16(20)19-13-10-12-6-4-8-22-15(12)14(11-13)21-9-5-7-18/h10-11H,4-9H2,1-3H3,(H,19,20). The van der Waals surface area contributed by atoms with Crippen LogP contribution >= 0.6 is 11.6 Å². The summed E-state index contributed by atoms with van der Waals surface area (Å²) in [7, 11) is 0. The summed E-state index contributed by atoms with van der Waals surface area (Å²) in [6, 6.07) is 3.68. The Morgan fingerprint density at radius 3 is 2.87 bits per heavy atom. The number of halogens is 1. The molecule has 2 rings (SSSR count). The van der Waals surface area contributed by atoms with Gasteiger partial charge in [0.1, 0.15) is 5.60 Å². The summed E-state index contributed by atoms with van der Waals surface area (Å²) >= 11 is 5.69. The zero-order valence-electron chi connectivity index (χ0n) is 13.9. The van der Waals surface area contributed by atoms with Gasteiger partial charge in [-0.3, -0.25) is 5.32 Å². The first-order valence-electron chi connectivity index (χ1n) is 7.87. The second kappa shape index (κ2) is 7.77. The molecule has 0 bridgehead atoms. The number of carbonyl (C=O) groups excluding carboxylic acids is 1. The Bertz CT molecular complexity index is 554. The van der Waals surface area contributed by atoms with E-state index >= 15 is 0 Å². The van der Waals surface area contributed by atoms with Crippen LogP contribution in [0.4, 0.5) is 10.5 Å². The minimum absolute atomic E-state index is 0.485. The second-order valence-corrected chi connectivity index (χ2v) is 6.81. The topological polar surface area (TPSA) is 56.8 Å². The summed E-state index contributed by atoms with van der Waals surface area (Å²) in [4.78, 5) is 11.9. The number of benzene rings is 1. The molecule has 0 radical (unpaired) electrons. The molecule has 0 spiro atoms. The average Bonchev–Trinajstić information content (AvgIpc) is 2.45. The largest absolute Gasteiger partial charge is 0.490 e. The van der Waals surface area contributed by atoms with E-state index in [1.807, 2.05) is 26.8 Å². The van der Waals surface area contributed by atoms with E-state index in [9.17, 15) is 4.79 Å². The van der Waals surface area contributed by atoms with Gasteiger partial charge in [0.15, 0.2) is 11.5 Å². The van der Waals surface area contributed by atoms with Crippen molar-refractivity contribution in [2.24, 2.45) is 0 Å².